The first kappa shape index (κ1) is 12.9. The predicted octanol–water partition coefficient (Wildman–Crippen LogP) is 3.04. The minimum atomic E-state index is 0.135. The van der Waals surface area contributed by atoms with Crippen LogP contribution in [-0.4, -0.2) is 23.2 Å². The minimum absolute atomic E-state index is 0.135. The van der Waals surface area contributed by atoms with Crippen LogP contribution in [0.15, 0.2) is 29.0 Å². The fourth-order valence-corrected chi connectivity index (χ4v) is 2.00. The first-order chi connectivity index (χ1) is 8.62. The Morgan fingerprint density at radius 1 is 1.39 bits per heavy atom. The van der Waals surface area contributed by atoms with Crippen LogP contribution in [-0.2, 0) is 0 Å². The topological polar surface area (TPSA) is 58.3 Å². The third-order valence-electron chi connectivity index (χ3n) is 3.13. The maximum atomic E-state index is 8.88. The summed E-state index contributed by atoms with van der Waals surface area (Å²) < 4.78 is 5.34. The van der Waals surface area contributed by atoms with Crippen molar-refractivity contribution in [1.29, 1.82) is 0 Å². The summed E-state index contributed by atoms with van der Waals surface area (Å²) in [7, 11) is 0. The Labute approximate surface area is 107 Å². The van der Waals surface area contributed by atoms with Gasteiger partial charge in [-0.2, -0.15) is 0 Å². The smallest absolute Gasteiger partial charge is 0.139 e. The van der Waals surface area contributed by atoms with Crippen molar-refractivity contribution in [3.8, 4) is 0 Å². The van der Waals surface area contributed by atoms with E-state index in [-0.39, 0.29) is 12.0 Å². The van der Waals surface area contributed by atoms with E-state index in [1.165, 1.54) is 0 Å². The van der Waals surface area contributed by atoms with Gasteiger partial charge in [0.15, 0.2) is 0 Å². The summed E-state index contributed by atoms with van der Waals surface area (Å²) in [4.78, 5) is 4.34. The van der Waals surface area contributed by atoms with Crippen LogP contribution in [0.4, 0.5) is 5.82 Å². The van der Waals surface area contributed by atoms with E-state index in [9.17, 15) is 0 Å². The van der Waals surface area contributed by atoms with Crippen molar-refractivity contribution in [3.05, 3.63) is 24.6 Å². The van der Waals surface area contributed by atoms with Crippen LogP contribution in [0.2, 0.25) is 0 Å². The Morgan fingerprint density at radius 2 is 2.22 bits per heavy atom. The number of aliphatic hydroxyl groups is 1. The van der Waals surface area contributed by atoms with E-state index in [0.717, 1.165) is 36.2 Å². The number of furan rings is 1. The molecule has 0 aliphatic carbocycles. The van der Waals surface area contributed by atoms with Crippen LogP contribution in [0.5, 0.6) is 0 Å². The number of nitrogens with one attached hydrogen (secondary N) is 1. The molecule has 0 spiro atoms. The largest absolute Gasteiger partial charge is 0.464 e. The number of hydrogen-bond acceptors (Lipinski definition) is 4. The molecule has 2 heterocycles. The SMILES string of the molecule is CC(C)(CCCO)CNc1nccc2occc12. The van der Waals surface area contributed by atoms with Crippen molar-refractivity contribution in [2.45, 2.75) is 26.7 Å². The highest BCUT2D eigenvalue weighted by Gasteiger charge is 2.17. The number of aromatic nitrogens is 1. The zero-order valence-corrected chi connectivity index (χ0v) is 10.9. The molecule has 0 radical (unpaired) electrons. The summed E-state index contributed by atoms with van der Waals surface area (Å²) in [6, 6.07) is 3.78. The van der Waals surface area contributed by atoms with E-state index in [0.29, 0.717) is 0 Å². The average Bonchev–Trinajstić information content (AvgIpc) is 2.82. The molecule has 0 aliphatic heterocycles. The highest BCUT2D eigenvalue weighted by atomic mass is 16.3. The molecule has 2 N–H and O–H groups in total. The number of rotatable bonds is 6. The molecule has 98 valence electrons. The Bertz CT molecular complexity index is 505. The Balaban J connectivity index is 2.03. The van der Waals surface area contributed by atoms with Gasteiger partial charge in [-0.1, -0.05) is 13.8 Å². The minimum Gasteiger partial charge on any atom is -0.464 e. The fraction of sp³-hybridized carbons (Fsp3) is 0.500. The molecule has 0 atom stereocenters. The second-order valence-corrected chi connectivity index (χ2v) is 5.34. The molecule has 0 fully saturated rings. The van der Waals surface area contributed by atoms with E-state index in [1.807, 2.05) is 12.1 Å². The summed E-state index contributed by atoms with van der Waals surface area (Å²) in [5.41, 5.74) is 0.983. The lowest BCUT2D eigenvalue weighted by atomic mass is 9.88. The molecule has 0 amide bonds. The lowest BCUT2D eigenvalue weighted by Crippen LogP contribution is -2.23. The first-order valence-corrected chi connectivity index (χ1v) is 6.29. The summed E-state index contributed by atoms with van der Waals surface area (Å²) in [6.45, 7) is 5.44. The predicted molar refractivity (Wildman–Crippen MR) is 72.6 cm³/mol. The third kappa shape index (κ3) is 3.01. The highest BCUT2D eigenvalue weighted by Crippen LogP contribution is 2.26. The molecule has 2 aromatic rings. The summed E-state index contributed by atoms with van der Waals surface area (Å²) >= 11 is 0. The van der Waals surface area contributed by atoms with Crippen LogP contribution in [0, 0.1) is 5.41 Å². The molecule has 0 saturated heterocycles. The van der Waals surface area contributed by atoms with Crippen molar-refractivity contribution in [2.75, 3.05) is 18.5 Å². The molecule has 4 heteroatoms. The van der Waals surface area contributed by atoms with Gasteiger partial charge in [0.2, 0.25) is 0 Å². The molecule has 0 saturated carbocycles. The first-order valence-electron chi connectivity index (χ1n) is 6.29. The maximum absolute atomic E-state index is 8.88. The van der Waals surface area contributed by atoms with Gasteiger partial charge in [0.05, 0.1) is 11.6 Å². The van der Waals surface area contributed by atoms with E-state index >= 15 is 0 Å². The number of fused-ring (bicyclic) bond motifs is 1. The van der Waals surface area contributed by atoms with Gasteiger partial charge in [-0.15, -0.1) is 0 Å². The maximum Gasteiger partial charge on any atom is 0.139 e. The zero-order valence-electron chi connectivity index (χ0n) is 10.9. The Hall–Kier alpha value is -1.55. The molecule has 4 nitrogen and oxygen atoms in total. The number of anilines is 1. The molecule has 18 heavy (non-hydrogen) atoms. The van der Waals surface area contributed by atoms with E-state index in [2.05, 4.69) is 24.1 Å². The molecule has 2 aromatic heterocycles. The molecule has 0 aliphatic rings. The second kappa shape index (κ2) is 5.40. The van der Waals surface area contributed by atoms with Gasteiger partial charge in [-0.05, 0) is 30.4 Å². The van der Waals surface area contributed by atoms with Gasteiger partial charge >= 0.3 is 0 Å². The summed E-state index contributed by atoms with van der Waals surface area (Å²) in [5.74, 6) is 0.860. The van der Waals surface area contributed by atoms with Crippen molar-refractivity contribution in [3.63, 3.8) is 0 Å². The standard InChI is InChI=1S/C14H20N2O2/c1-14(2,6-3-8-17)10-16-13-11-5-9-18-12(11)4-7-15-13/h4-5,7,9,17H,3,6,8,10H2,1-2H3,(H,15,16). The van der Waals surface area contributed by atoms with Gasteiger partial charge in [0.1, 0.15) is 11.4 Å². The normalized spacial score (nSPS) is 11.9. The van der Waals surface area contributed by atoms with Gasteiger partial charge in [0, 0.05) is 19.3 Å². The van der Waals surface area contributed by atoms with Crippen LogP contribution in [0.1, 0.15) is 26.7 Å². The molecule has 0 bridgehead atoms. The van der Waals surface area contributed by atoms with E-state index in [1.54, 1.807) is 12.5 Å². The molecule has 0 aromatic carbocycles. The van der Waals surface area contributed by atoms with Gasteiger partial charge in [-0.3, -0.25) is 0 Å². The quantitative estimate of drug-likeness (QED) is 0.825. The van der Waals surface area contributed by atoms with Crippen LogP contribution in [0.3, 0.4) is 0 Å². The number of pyridine rings is 1. The molecule has 0 unspecified atom stereocenters. The van der Waals surface area contributed by atoms with E-state index < -0.39 is 0 Å². The molecule has 2 rings (SSSR count). The zero-order chi connectivity index (χ0) is 13.0. The lowest BCUT2D eigenvalue weighted by Gasteiger charge is -2.25. The van der Waals surface area contributed by atoms with Gasteiger partial charge in [0.25, 0.3) is 0 Å². The van der Waals surface area contributed by atoms with Crippen molar-refractivity contribution < 1.29 is 9.52 Å². The number of nitrogens with zero attached hydrogens (tertiary/aromatic N) is 1. The Kier molecular flexibility index (Phi) is 3.87. The molecular formula is C14H20N2O2. The van der Waals surface area contributed by atoms with Crippen LogP contribution < -0.4 is 5.32 Å². The van der Waals surface area contributed by atoms with Gasteiger partial charge in [-0.25, -0.2) is 4.98 Å². The molecular weight excluding hydrogens is 228 g/mol. The van der Waals surface area contributed by atoms with Crippen molar-refractivity contribution >= 4 is 16.8 Å². The summed E-state index contributed by atoms with van der Waals surface area (Å²) in [5, 5.41) is 13.3. The third-order valence-corrected chi connectivity index (χ3v) is 3.13. The second-order valence-electron chi connectivity index (χ2n) is 5.34. The number of hydrogen-bond donors (Lipinski definition) is 2. The Morgan fingerprint density at radius 3 is 3.00 bits per heavy atom. The lowest BCUT2D eigenvalue weighted by molar-refractivity contribution is 0.248. The van der Waals surface area contributed by atoms with Crippen molar-refractivity contribution in [2.24, 2.45) is 5.41 Å². The van der Waals surface area contributed by atoms with E-state index in [4.69, 9.17) is 9.52 Å². The van der Waals surface area contributed by atoms with Crippen LogP contribution >= 0.6 is 0 Å². The van der Waals surface area contributed by atoms with Crippen LogP contribution in [0.25, 0.3) is 11.0 Å². The highest BCUT2D eigenvalue weighted by molar-refractivity contribution is 5.87. The fourth-order valence-electron chi connectivity index (χ4n) is 2.00. The number of aliphatic hydroxyl groups excluding tert-OH is 1. The van der Waals surface area contributed by atoms with Gasteiger partial charge < -0.3 is 14.8 Å². The van der Waals surface area contributed by atoms with Crippen molar-refractivity contribution in [1.82, 2.24) is 4.98 Å². The average molecular weight is 248 g/mol. The summed E-state index contributed by atoms with van der Waals surface area (Å²) in [6.07, 6.45) is 5.24. The monoisotopic (exact) mass is 248 g/mol.